The average molecular weight is 235 g/mol. The van der Waals surface area contributed by atoms with Crippen LogP contribution in [-0.2, 0) is 0 Å². The molecule has 1 N–H and O–H groups in total. The van der Waals surface area contributed by atoms with Crippen molar-refractivity contribution in [3.8, 4) is 0 Å². The molecule has 17 heavy (non-hydrogen) atoms. The molecule has 3 heterocycles. The number of halogens is 1. The standard InChI is InChI=1S/C12H14FN3O/c13-11-1-8(2-15-5-11)12(17)16-6-9-3-14-4-10(9)7-16/h1-2,5,9-10,14H,3-4,6-7H2. The minimum absolute atomic E-state index is 0.105. The molecule has 90 valence electrons. The molecule has 4 nitrogen and oxygen atoms in total. The monoisotopic (exact) mass is 235 g/mol. The van der Waals surface area contributed by atoms with E-state index in [1.54, 1.807) is 0 Å². The molecule has 0 radical (unpaired) electrons. The molecule has 2 atom stereocenters. The van der Waals surface area contributed by atoms with Crippen LogP contribution in [0.4, 0.5) is 4.39 Å². The van der Waals surface area contributed by atoms with Crippen LogP contribution < -0.4 is 5.32 Å². The lowest BCUT2D eigenvalue weighted by atomic mass is 10.0. The summed E-state index contributed by atoms with van der Waals surface area (Å²) in [7, 11) is 0. The van der Waals surface area contributed by atoms with E-state index in [4.69, 9.17) is 0 Å². The smallest absolute Gasteiger partial charge is 0.255 e. The van der Waals surface area contributed by atoms with E-state index in [0.29, 0.717) is 17.4 Å². The molecule has 1 amide bonds. The first-order valence-electron chi connectivity index (χ1n) is 5.84. The van der Waals surface area contributed by atoms with E-state index in [-0.39, 0.29) is 5.91 Å². The first kappa shape index (κ1) is 10.7. The summed E-state index contributed by atoms with van der Waals surface area (Å²) in [6.45, 7) is 3.51. The van der Waals surface area contributed by atoms with E-state index in [2.05, 4.69) is 10.3 Å². The third-order valence-electron chi connectivity index (χ3n) is 3.63. The second-order valence-electron chi connectivity index (χ2n) is 4.78. The van der Waals surface area contributed by atoms with Crippen molar-refractivity contribution >= 4 is 5.91 Å². The Hall–Kier alpha value is -1.49. The Morgan fingerprint density at radius 2 is 2.06 bits per heavy atom. The third-order valence-corrected chi connectivity index (χ3v) is 3.63. The zero-order valence-electron chi connectivity index (χ0n) is 9.40. The number of hydrogen-bond donors (Lipinski definition) is 1. The number of pyridine rings is 1. The molecule has 3 rings (SSSR count). The molecule has 0 aliphatic carbocycles. The summed E-state index contributed by atoms with van der Waals surface area (Å²) in [6.07, 6.45) is 2.54. The summed E-state index contributed by atoms with van der Waals surface area (Å²) < 4.78 is 13.0. The Bertz CT molecular complexity index is 439. The highest BCUT2D eigenvalue weighted by Gasteiger charge is 2.38. The number of amides is 1. The van der Waals surface area contributed by atoms with Crippen molar-refractivity contribution in [2.75, 3.05) is 26.2 Å². The summed E-state index contributed by atoms with van der Waals surface area (Å²) in [5, 5.41) is 3.32. The van der Waals surface area contributed by atoms with E-state index in [1.165, 1.54) is 12.3 Å². The fraction of sp³-hybridized carbons (Fsp3) is 0.500. The number of fused-ring (bicyclic) bond motifs is 1. The highest BCUT2D eigenvalue weighted by atomic mass is 19.1. The molecule has 2 aliphatic heterocycles. The summed E-state index contributed by atoms with van der Waals surface area (Å²) in [6, 6.07) is 1.25. The van der Waals surface area contributed by atoms with Crippen LogP contribution in [0, 0.1) is 17.7 Å². The highest BCUT2D eigenvalue weighted by Crippen LogP contribution is 2.27. The van der Waals surface area contributed by atoms with Gasteiger partial charge in [-0.05, 0) is 17.9 Å². The zero-order chi connectivity index (χ0) is 11.8. The lowest BCUT2D eigenvalue weighted by Gasteiger charge is -2.17. The summed E-state index contributed by atoms with van der Waals surface area (Å²) in [5.41, 5.74) is 0.345. The number of nitrogens with zero attached hydrogens (tertiary/aromatic N) is 2. The van der Waals surface area contributed by atoms with Crippen LogP contribution >= 0.6 is 0 Å². The number of nitrogens with one attached hydrogen (secondary N) is 1. The van der Waals surface area contributed by atoms with Crippen molar-refractivity contribution in [2.45, 2.75) is 0 Å². The Labute approximate surface area is 98.8 Å². The predicted molar refractivity (Wildman–Crippen MR) is 59.9 cm³/mol. The number of likely N-dealkylation sites (tertiary alicyclic amines) is 1. The molecule has 0 aromatic carbocycles. The van der Waals surface area contributed by atoms with Crippen molar-refractivity contribution in [1.29, 1.82) is 0 Å². The van der Waals surface area contributed by atoms with E-state index in [0.717, 1.165) is 32.4 Å². The second-order valence-corrected chi connectivity index (χ2v) is 4.78. The van der Waals surface area contributed by atoms with Gasteiger partial charge in [-0.1, -0.05) is 0 Å². The lowest BCUT2D eigenvalue weighted by molar-refractivity contribution is 0.0780. The van der Waals surface area contributed by atoms with E-state index >= 15 is 0 Å². The Morgan fingerprint density at radius 3 is 2.71 bits per heavy atom. The van der Waals surface area contributed by atoms with Gasteiger partial charge in [-0.15, -0.1) is 0 Å². The molecule has 0 bridgehead atoms. The fourth-order valence-electron chi connectivity index (χ4n) is 2.73. The van der Waals surface area contributed by atoms with Gasteiger partial charge in [-0.25, -0.2) is 4.39 Å². The SMILES string of the molecule is O=C(c1cncc(F)c1)N1CC2CNCC2C1. The topological polar surface area (TPSA) is 45.2 Å². The Morgan fingerprint density at radius 1 is 1.35 bits per heavy atom. The minimum atomic E-state index is -0.461. The van der Waals surface area contributed by atoms with Crippen molar-refractivity contribution < 1.29 is 9.18 Å². The van der Waals surface area contributed by atoms with Crippen LogP contribution in [0.3, 0.4) is 0 Å². The lowest BCUT2D eigenvalue weighted by Crippen LogP contribution is -2.31. The number of carbonyl (C=O) groups is 1. The average Bonchev–Trinajstić information content (AvgIpc) is 2.88. The summed E-state index contributed by atoms with van der Waals surface area (Å²) in [4.78, 5) is 17.7. The molecule has 2 fully saturated rings. The van der Waals surface area contributed by atoms with E-state index in [1.807, 2.05) is 4.90 Å². The molecule has 2 unspecified atom stereocenters. The number of aromatic nitrogens is 1. The van der Waals surface area contributed by atoms with Gasteiger partial charge < -0.3 is 10.2 Å². The molecule has 5 heteroatoms. The van der Waals surface area contributed by atoms with Crippen molar-refractivity contribution in [1.82, 2.24) is 15.2 Å². The van der Waals surface area contributed by atoms with E-state index < -0.39 is 5.82 Å². The van der Waals surface area contributed by atoms with Crippen LogP contribution in [0.1, 0.15) is 10.4 Å². The van der Waals surface area contributed by atoms with Crippen molar-refractivity contribution in [2.24, 2.45) is 11.8 Å². The number of hydrogen-bond acceptors (Lipinski definition) is 3. The third kappa shape index (κ3) is 1.91. The van der Waals surface area contributed by atoms with Gasteiger partial charge in [-0.3, -0.25) is 9.78 Å². The highest BCUT2D eigenvalue weighted by molar-refractivity contribution is 5.94. The molecule has 0 spiro atoms. The van der Waals surface area contributed by atoms with Gasteiger partial charge in [0.05, 0.1) is 11.8 Å². The van der Waals surface area contributed by atoms with Crippen LogP contribution in [-0.4, -0.2) is 42.0 Å². The first-order valence-corrected chi connectivity index (χ1v) is 5.84. The zero-order valence-corrected chi connectivity index (χ0v) is 9.40. The molecule has 2 aliphatic rings. The van der Waals surface area contributed by atoms with E-state index in [9.17, 15) is 9.18 Å². The maximum absolute atomic E-state index is 13.0. The van der Waals surface area contributed by atoms with Crippen LogP contribution in [0.15, 0.2) is 18.5 Å². The van der Waals surface area contributed by atoms with Gasteiger partial charge in [0.15, 0.2) is 0 Å². The van der Waals surface area contributed by atoms with Gasteiger partial charge >= 0.3 is 0 Å². The van der Waals surface area contributed by atoms with Gasteiger partial charge in [0.2, 0.25) is 0 Å². The Balaban J connectivity index is 1.75. The summed E-state index contributed by atoms with van der Waals surface area (Å²) in [5.74, 6) is 0.546. The normalized spacial score (nSPS) is 27.2. The van der Waals surface area contributed by atoms with Gasteiger partial charge in [-0.2, -0.15) is 0 Å². The number of carbonyl (C=O) groups excluding carboxylic acids is 1. The first-order chi connectivity index (χ1) is 8.24. The summed E-state index contributed by atoms with van der Waals surface area (Å²) >= 11 is 0. The molecular weight excluding hydrogens is 221 g/mol. The molecule has 0 saturated carbocycles. The Kier molecular flexibility index (Phi) is 2.55. The molecular formula is C12H14FN3O. The maximum Gasteiger partial charge on any atom is 0.255 e. The van der Waals surface area contributed by atoms with Crippen LogP contribution in [0.2, 0.25) is 0 Å². The maximum atomic E-state index is 13.0. The fourth-order valence-corrected chi connectivity index (χ4v) is 2.73. The van der Waals surface area contributed by atoms with Crippen molar-refractivity contribution in [3.63, 3.8) is 0 Å². The van der Waals surface area contributed by atoms with Crippen LogP contribution in [0.25, 0.3) is 0 Å². The van der Waals surface area contributed by atoms with Gasteiger partial charge in [0, 0.05) is 32.4 Å². The molecule has 1 aromatic heterocycles. The van der Waals surface area contributed by atoms with Crippen molar-refractivity contribution in [3.05, 3.63) is 29.8 Å². The minimum Gasteiger partial charge on any atom is -0.338 e. The molecule has 1 aromatic rings. The quantitative estimate of drug-likeness (QED) is 0.771. The van der Waals surface area contributed by atoms with Gasteiger partial charge in [0.1, 0.15) is 5.82 Å². The largest absolute Gasteiger partial charge is 0.338 e. The predicted octanol–water partition coefficient (Wildman–Crippen LogP) is 0.512. The molecule has 2 saturated heterocycles. The second kappa shape index (κ2) is 4.07. The number of rotatable bonds is 1. The van der Waals surface area contributed by atoms with Gasteiger partial charge in [0.25, 0.3) is 5.91 Å². The van der Waals surface area contributed by atoms with Crippen LogP contribution in [0.5, 0.6) is 0 Å².